The maximum Gasteiger partial charge on any atom is 0.303 e. The van der Waals surface area contributed by atoms with Crippen LogP contribution in [0.5, 0.6) is 0 Å². The lowest BCUT2D eigenvalue weighted by atomic mass is 9.86. The van der Waals surface area contributed by atoms with Gasteiger partial charge in [0.2, 0.25) is 0 Å². The predicted octanol–water partition coefficient (Wildman–Crippen LogP) is 3.90. The number of hydrogen-bond acceptors (Lipinski definition) is 1. The van der Waals surface area contributed by atoms with Gasteiger partial charge in [-0.1, -0.05) is 23.8 Å². The van der Waals surface area contributed by atoms with E-state index in [1.165, 1.54) is 6.07 Å². The van der Waals surface area contributed by atoms with Gasteiger partial charge in [-0.2, -0.15) is 0 Å². The van der Waals surface area contributed by atoms with Gasteiger partial charge in [0, 0.05) is 5.56 Å². The highest BCUT2D eigenvalue weighted by molar-refractivity contribution is 5.68. The number of rotatable bonds is 5. The highest BCUT2D eigenvalue weighted by Crippen LogP contribution is 2.46. The van der Waals surface area contributed by atoms with Crippen LogP contribution >= 0.6 is 0 Å². The third-order valence-corrected chi connectivity index (χ3v) is 3.46. The minimum absolute atomic E-state index is 0.0150. The summed E-state index contributed by atoms with van der Waals surface area (Å²) in [7, 11) is 0. The molecule has 0 radical (unpaired) electrons. The molecule has 2 nitrogen and oxygen atoms in total. The molecule has 98 valence electrons. The van der Waals surface area contributed by atoms with Crippen LogP contribution in [0.3, 0.4) is 0 Å². The first kappa shape index (κ1) is 13.0. The maximum atomic E-state index is 13.0. The molecular weight excluding hydrogens is 238 g/mol. The molecular formula is C14H16F2O2. The number of carbonyl (C=O) groups is 1. The average Bonchev–Trinajstić information content (AvgIpc) is 3.08. The van der Waals surface area contributed by atoms with Crippen LogP contribution in [-0.4, -0.2) is 11.1 Å². The van der Waals surface area contributed by atoms with E-state index in [2.05, 4.69) is 0 Å². The van der Waals surface area contributed by atoms with Gasteiger partial charge in [-0.05, 0) is 37.2 Å². The summed E-state index contributed by atoms with van der Waals surface area (Å²) < 4.78 is 26.0. The molecule has 1 aliphatic carbocycles. The van der Waals surface area contributed by atoms with Crippen LogP contribution in [-0.2, 0) is 4.79 Å². The molecule has 1 saturated carbocycles. The van der Waals surface area contributed by atoms with Gasteiger partial charge in [0.25, 0.3) is 6.43 Å². The molecule has 0 aromatic heterocycles. The molecule has 1 N–H and O–H groups in total. The number of aryl methyl sites for hydroxylation is 1. The topological polar surface area (TPSA) is 37.3 Å². The summed E-state index contributed by atoms with van der Waals surface area (Å²) in [6.45, 7) is 1.84. The first-order chi connectivity index (χ1) is 8.49. The largest absolute Gasteiger partial charge is 0.481 e. The van der Waals surface area contributed by atoms with Crippen LogP contribution in [0, 0.1) is 12.8 Å². The number of aliphatic carboxylic acids is 1. The molecule has 0 heterocycles. The summed E-state index contributed by atoms with van der Waals surface area (Å²) in [4.78, 5) is 10.9. The molecule has 4 heteroatoms. The summed E-state index contributed by atoms with van der Waals surface area (Å²) in [6.07, 6.45) is -0.729. The second kappa shape index (κ2) is 5.04. The summed E-state index contributed by atoms with van der Waals surface area (Å²) in [5, 5.41) is 8.93. The molecule has 1 aromatic rings. The molecule has 0 spiro atoms. The van der Waals surface area contributed by atoms with Crippen LogP contribution in [0.25, 0.3) is 0 Å². The van der Waals surface area contributed by atoms with Crippen LogP contribution in [0.4, 0.5) is 8.78 Å². The zero-order valence-electron chi connectivity index (χ0n) is 10.2. The Kier molecular flexibility index (Phi) is 3.64. The highest BCUT2D eigenvalue weighted by Gasteiger charge is 2.35. The lowest BCUT2D eigenvalue weighted by molar-refractivity contribution is -0.137. The summed E-state index contributed by atoms with van der Waals surface area (Å²) in [5.41, 5.74) is 1.40. The zero-order chi connectivity index (χ0) is 13.3. The van der Waals surface area contributed by atoms with Gasteiger partial charge in [-0.3, -0.25) is 4.79 Å². The predicted molar refractivity (Wildman–Crippen MR) is 63.9 cm³/mol. The number of carboxylic acids is 1. The summed E-state index contributed by atoms with van der Waals surface area (Å²) >= 11 is 0. The van der Waals surface area contributed by atoms with E-state index >= 15 is 0 Å². The minimum Gasteiger partial charge on any atom is -0.481 e. The Hall–Kier alpha value is -1.45. The van der Waals surface area contributed by atoms with Crippen LogP contribution in [0.2, 0.25) is 0 Å². The lowest BCUT2D eigenvalue weighted by Crippen LogP contribution is -2.11. The number of hydrogen-bond donors (Lipinski definition) is 1. The standard InChI is InChI=1S/C14H16F2O2/c1-8-2-5-10(14(15)16)12(6-8)11(7-13(17)18)9-3-4-9/h2,5-6,9,11,14H,3-4,7H2,1H3,(H,17,18). The van der Waals surface area contributed by atoms with Crippen molar-refractivity contribution in [3.63, 3.8) is 0 Å². The maximum absolute atomic E-state index is 13.0. The highest BCUT2D eigenvalue weighted by atomic mass is 19.3. The average molecular weight is 254 g/mol. The fourth-order valence-electron chi connectivity index (χ4n) is 2.43. The monoisotopic (exact) mass is 254 g/mol. The minimum atomic E-state index is -2.55. The Balaban J connectivity index is 2.38. The van der Waals surface area contributed by atoms with Crippen LogP contribution in [0.1, 0.15) is 48.3 Å². The Labute approximate surface area is 105 Å². The van der Waals surface area contributed by atoms with Crippen molar-refractivity contribution in [2.75, 3.05) is 0 Å². The first-order valence-electron chi connectivity index (χ1n) is 6.09. The van der Waals surface area contributed by atoms with E-state index in [1.54, 1.807) is 12.1 Å². The van der Waals surface area contributed by atoms with Crippen molar-refractivity contribution in [3.05, 3.63) is 34.9 Å². The van der Waals surface area contributed by atoms with Crippen molar-refractivity contribution in [1.29, 1.82) is 0 Å². The molecule has 0 saturated heterocycles. The van der Waals surface area contributed by atoms with Crippen molar-refractivity contribution >= 4 is 5.97 Å². The lowest BCUT2D eigenvalue weighted by Gasteiger charge is -2.19. The van der Waals surface area contributed by atoms with Crippen LogP contribution < -0.4 is 0 Å². The van der Waals surface area contributed by atoms with E-state index in [0.29, 0.717) is 5.56 Å². The molecule has 1 fully saturated rings. The fourth-order valence-corrected chi connectivity index (χ4v) is 2.43. The molecule has 1 aliphatic rings. The van der Waals surface area contributed by atoms with E-state index in [4.69, 9.17) is 5.11 Å². The summed E-state index contributed by atoms with van der Waals surface area (Å²) in [6, 6.07) is 4.79. The molecule has 1 unspecified atom stereocenters. The van der Waals surface area contributed by atoms with E-state index in [1.807, 2.05) is 6.92 Å². The van der Waals surface area contributed by atoms with Crippen molar-refractivity contribution in [2.45, 2.75) is 38.5 Å². The Morgan fingerprint density at radius 3 is 2.56 bits per heavy atom. The fraction of sp³-hybridized carbons (Fsp3) is 0.500. The number of alkyl halides is 2. The van der Waals surface area contributed by atoms with Gasteiger partial charge < -0.3 is 5.11 Å². The number of carboxylic acid groups (broad SMARTS) is 1. The molecule has 18 heavy (non-hydrogen) atoms. The van der Waals surface area contributed by atoms with Crippen molar-refractivity contribution in [3.8, 4) is 0 Å². The van der Waals surface area contributed by atoms with Crippen molar-refractivity contribution in [2.24, 2.45) is 5.92 Å². The number of halogens is 2. The van der Waals surface area contributed by atoms with Gasteiger partial charge in [0.1, 0.15) is 0 Å². The normalized spacial score (nSPS) is 16.9. The molecule has 1 atom stereocenters. The zero-order valence-corrected chi connectivity index (χ0v) is 10.2. The van der Waals surface area contributed by atoms with Crippen molar-refractivity contribution in [1.82, 2.24) is 0 Å². The van der Waals surface area contributed by atoms with Crippen LogP contribution in [0.15, 0.2) is 18.2 Å². The Morgan fingerprint density at radius 2 is 2.06 bits per heavy atom. The molecule has 0 bridgehead atoms. The van der Waals surface area contributed by atoms with E-state index in [0.717, 1.165) is 18.4 Å². The third kappa shape index (κ3) is 2.86. The van der Waals surface area contributed by atoms with Gasteiger partial charge in [-0.15, -0.1) is 0 Å². The Morgan fingerprint density at radius 1 is 1.39 bits per heavy atom. The van der Waals surface area contributed by atoms with E-state index in [-0.39, 0.29) is 23.8 Å². The van der Waals surface area contributed by atoms with Gasteiger partial charge >= 0.3 is 5.97 Å². The number of benzene rings is 1. The van der Waals surface area contributed by atoms with Gasteiger partial charge in [-0.25, -0.2) is 8.78 Å². The molecule has 0 aliphatic heterocycles. The Bertz CT molecular complexity index is 453. The SMILES string of the molecule is Cc1ccc(C(F)F)c(C(CC(=O)O)C2CC2)c1. The second-order valence-electron chi connectivity index (χ2n) is 4.97. The third-order valence-electron chi connectivity index (χ3n) is 3.46. The molecule has 1 aromatic carbocycles. The quantitative estimate of drug-likeness (QED) is 0.865. The van der Waals surface area contributed by atoms with Crippen molar-refractivity contribution < 1.29 is 18.7 Å². The smallest absolute Gasteiger partial charge is 0.303 e. The summed E-state index contributed by atoms with van der Waals surface area (Å²) in [5.74, 6) is -0.944. The van der Waals surface area contributed by atoms with Gasteiger partial charge in [0.05, 0.1) is 6.42 Å². The van der Waals surface area contributed by atoms with Gasteiger partial charge in [0.15, 0.2) is 0 Å². The molecule has 0 amide bonds. The first-order valence-corrected chi connectivity index (χ1v) is 6.09. The molecule has 2 rings (SSSR count). The second-order valence-corrected chi connectivity index (χ2v) is 4.97. The van der Waals surface area contributed by atoms with E-state index < -0.39 is 12.4 Å². The van der Waals surface area contributed by atoms with E-state index in [9.17, 15) is 13.6 Å².